The monoisotopic (exact) mass is 333 g/mol. The minimum absolute atomic E-state index is 0.0406. The van der Waals surface area contributed by atoms with E-state index in [4.69, 9.17) is 9.92 Å². The van der Waals surface area contributed by atoms with E-state index in [1.165, 1.54) is 0 Å². The van der Waals surface area contributed by atoms with Crippen molar-refractivity contribution in [3.8, 4) is 5.75 Å². The van der Waals surface area contributed by atoms with Crippen LogP contribution in [0.25, 0.3) is 0 Å². The minimum Gasteiger partial charge on any atom is -0.396 e. The van der Waals surface area contributed by atoms with E-state index in [-0.39, 0.29) is 16.1 Å². The fourth-order valence-electron chi connectivity index (χ4n) is 2.38. The number of benzene rings is 2. The Morgan fingerprint density at radius 2 is 1.57 bits per heavy atom. The maximum atomic E-state index is 12.5. The molecule has 0 aliphatic heterocycles. The van der Waals surface area contributed by atoms with Crippen molar-refractivity contribution < 1.29 is 12.6 Å². The van der Waals surface area contributed by atoms with Crippen LogP contribution in [0.2, 0.25) is 0 Å². The summed E-state index contributed by atoms with van der Waals surface area (Å²) in [5.41, 5.74) is 8.88. The van der Waals surface area contributed by atoms with Gasteiger partial charge in [-0.15, -0.1) is 0 Å². The van der Waals surface area contributed by atoms with Gasteiger partial charge >= 0.3 is 10.1 Å². The summed E-state index contributed by atoms with van der Waals surface area (Å²) >= 11 is 0. The highest BCUT2D eigenvalue weighted by Gasteiger charge is 2.21. The number of nitrogen functional groups attached to an aromatic ring is 1. The van der Waals surface area contributed by atoms with Crippen molar-refractivity contribution in [3.63, 3.8) is 0 Å². The highest BCUT2D eigenvalue weighted by Crippen LogP contribution is 2.31. The van der Waals surface area contributed by atoms with E-state index >= 15 is 0 Å². The van der Waals surface area contributed by atoms with Crippen LogP contribution in [0.15, 0.2) is 41.3 Å². The molecule has 0 aromatic heterocycles. The molecule has 0 heterocycles. The zero-order valence-electron chi connectivity index (χ0n) is 14.2. The lowest BCUT2D eigenvalue weighted by atomic mass is 9.87. The molecule has 0 bridgehead atoms. The Bertz CT molecular complexity index is 793. The second-order valence-electron chi connectivity index (χ2n) is 6.81. The molecule has 5 heteroatoms. The topological polar surface area (TPSA) is 69.4 Å². The first-order chi connectivity index (χ1) is 10.5. The second-order valence-corrected chi connectivity index (χ2v) is 8.36. The largest absolute Gasteiger partial charge is 0.396 e. The number of anilines is 1. The van der Waals surface area contributed by atoms with Gasteiger partial charge in [0.15, 0.2) is 5.75 Å². The van der Waals surface area contributed by atoms with Crippen LogP contribution < -0.4 is 9.92 Å². The Hall–Kier alpha value is -2.01. The predicted molar refractivity (Wildman–Crippen MR) is 93.3 cm³/mol. The first kappa shape index (κ1) is 17.3. The Morgan fingerprint density at radius 3 is 2.04 bits per heavy atom. The molecule has 23 heavy (non-hydrogen) atoms. The van der Waals surface area contributed by atoms with Crippen LogP contribution >= 0.6 is 0 Å². The summed E-state index contributed by atoms with van der Waals surface area (Å²) in [7, 11) is -3.91. The molecule has 0 saturated heterocycles. The summed E-state index contributed by atoms with van der Waals surface area (Å²) in [4.78, 5) is 0.116. The molecule has 0 saturated carbocycles. The van der Waals surface area contributed by atoms with Gasteiger partial charge in [-0.3, -0.25) is 0 Å². The highest BCUT2D eigenvalue weighted by atomic mass is 32.2. The Labute approximate surface area is 138 Å². The van der Waals surface area contributed by atoms with Crippen LogP contribution in [0.5, 0.6) is 5.75 Å². The summed E-state index contributed by atoms with van der Waals surface area (Å²) in [6, 6.07) is 10.3. The molecule has 4 nitrogen and oxygen atoms in total. The smallest absolute Gasteiger partial charge is 0.339 e. The second kappa shape index (κ2) is 5.89. The lowest BCUT2D eigenvalue weighted by molar-refractivity contribution is 0.485. The lowest BCUT2D eigenvalue weighted by Crippen LogP contribution is -2.14. The zero-order valence-corrected chi connectivity index (χ0v) is 15.0. The van der Waals surface area contributed by atoms with Gasteiger partial charge in [-0.25, -0.2) is 0 Å². The molecule has 2 aromatic rings. The third kappa shape index (κ3) is 3.85. The van der Waals surface area contributed by atoms with Crippen molar-refractivity contribution in [3.05, 3.63) is 53.1 Å². The van der Waals surface area contributed by atoms with Gasteiger partial charge in [0, 0.05) is 0 Å². The van der Waals surface area contributed by atoms with Crippen LogP contribution in [-0.4, -0.2) is 8.42 Å². The normalized spacial score (nSPS) is 12.2. The molecule has 124 valence electrons. The average molecular weight is 333 g/mol. The van der Waals surface area contributed by atoms with Gasteiger partial charge < -0.3 is 9.92 Å². The first-order valence-corrected chi connectivity index (χ1v) is 8.83. The standard InChI is InChI=1S/C18H23NO3S/c1-12-10-13(2)17(16(19)11-12)22-23(20,21)15-8-6-14(7-9-15)18(3,4)5/h6-11H,19H2,1-5H3. The van der Waals surface area contributed by atoms with Crippen LogP contribution in [0.4, 0.5) is 5.69 Å². The third-order valence-corrected chi connectivity index (χ3v) is 4.89. The average Bonchev–Trinajstić information content (AvgIpc) is 2.42. The molecular weight excluding hydrogens is 310 g/mol. The van der Waals surface area contributed by atoms with Crippen LogP contribution in [0.3, 0.4) is 0 Å². The summed E-state index contributed by atoms with van der Waals surface area (Å²) < 4.78 is 30.2. The van der Waals surface area contributed by atoms with Gasteiger partial charge in [-0.2, -0.15) is 8.42 Å². The van der Waals surface area contributed by atoms with Gasteiger partial charge in [-0.1, -0.05) is 39.0 Å². The van der Waals surface area contributed by atoms with Crippen molar-refractivity contribution in [1.29, 1.82) is 0 Å². The summed E-state index contributed by atoms with van der Waals surface area (Å²) in [5.74, 6) is 0.190. The van der Waals surface area contributed by atoms with E-state index in [1.807, 2.05) is 25.1 Å². The molecule has 0 spiro atoms. The van der Waals surface area contributed by atoms with E-state index in [0.717, 1.165) is 11.1 Å². The molecule has 0 aliphatic carbocycles. The van der Waals surface area contributed by atoms with E-state index in [1.54, 1.807) is 25.1 Å². The molecule has 0 atom stereocenters. The first-order valence-electron chi connectivity index (χ1n) is 7.42. The van der Waals surface area contributed by atoms with Crippen LogP contribution in [0, 0.1) is 13.8 Å². The van der Waals surface area contributed by atoms with Crippen molar-refractivity contribution in [2.75, 3.05) is 5.73 Å². The van der Waals surface area contributed by atoms with Gasteiger partial charge in [0.05, 0.1) is 5.69 Å². The Balaban J connectivity index is 2.37. The fourth-order valence-corrected chi connectivity index (χ4v) is 3.39. The molecule has 2 aromatic carbocycles. The van der Waals surface area contributed by atoms with Gasteiger partial charge in [-0.05, 0) is 54.2 Å². The fraction of sp³-hybridized carbons (Fsp3) is 0.333. The van der Waals surface area contributed by atoms with Crippen molar-refractivity contribution in [2.45, 2.75) is 44.9 Å². The van der Waals surface area contributed by atoms with Gasteiger partial charge in [0.25, 0.3) is 0 Å². The summed E-state index contributed by atoms with van der Waals surface area (Å²) in [6.45, 7) is 9.89. The van der Waals surface area contributed by atoms with E-state index in [0.29, 0.717) is 11.3 Å². The van der Waals surface area contributed by atoms with Crippen molar-refractivity contribution in [1.82, 2.24) is 0 Å². The number of hydrogen-bond donors (Lipinski definition) is 1. The molecule has 0 fully saturated rings. The number of hydrogen-bond acceptors (Lipinski definition) is 4. The molecule has 0 radical (unpaired) electrons. The quantitative estimate of drug-likeness (QED) is 0.682. The van der Waals surface area contributed by atoms with Crippen molar-refractivity contribution >= 4 is 15.8 Å². The predicted octanol–water partition coefficient (Wildman–Crippen LogP) is 3.95. The molecule has 0 unspecified atom stereocenters. The maximum absolute atomic E-state index is 12.5. The molecule has 0 amide bonds. The molecular formula is C18H23NO3S. The Morgan fingerprint density at radius 1 is 1.00 bits per heavy atom. The van der Waals surface area contributed by atoms with Gasteiger partial charge in [0.2, 0.25) is 0 Å². The van der Waals surface area contributed by atoms with E-state index in [9.17, 15) is 8.42 Å². The van der Waals surface area contributed by atoms with Crippen LogP contribution in [0.1, 0.15) is 37.5 Å². The number of rotatable bonds is 3. The molecule has 2 N–H and O–H groups in total. The summed E-state index contributed by atoms with van der Waals surface area (Å²) in [6.07, 6.45) is 0. The molecule has 2 rings (SSSR count). The van der Waals surface area contributed by atoms with E-state index < -0.39 is 10.1 Å². The molecule has 0 aliphatic rings. The lowest BCUT2D eigenvalue weighted by Gasteiger charge is -2.19. The SMILES string of the molecule is Cc1cc(C)c(OS(=O)(=O)c2ccc(C(C)(C)C)cc2)c(N)c1. The van der Waals surface area contributed by atoms with Crippen molar-refractivity contribution in [2.24, 2.45) is 0 Å². The number of aryl methyl sites for hydroxylation is 2. The Kier molecular flexibility index (Phi) is 4.44. The zero-order chi connectivity index (χ0) is 17.4. The van der Waals surface area contributed by atoms with E-state index in [2.05, 4.69) is 20.8 Å². The minimum atomic E-state index is -3.91. The van der Waals surface area contributed by atoms with Gasteiger partial charge in [0.1, 0.15) is 4.90 Å². The maximum Gasteiger partial charge on any atom is 0.339 e. The highest BCUT2D eigenvalue weighted by molar-refractivity contribution is 7.87. The summed E-state index contributed by atoms with van der Waals surface area (Å²) in [5, 5.41) is 0. The number of nitrogens with two attached hydrogens (primary N) is 1. The third-order valence-electron chi connectivity index (χ3n) is 3.65. The van der Waals surface area contributed by atoms with Crippen LogP contribution in [-0.2, 0) is 15.5 Å².